The summed E-state index contributed by atoms with van der Waals surface area (Å²) in [5, 5.41) is 3.49. The number of fused-ring (bicyclic) bond motifs is 1. The minimum atomic E-state index is -0.239. The van der Waals surface area contributed by atoms with Gasteiger partial charge in [0.15, 0.2) is 5.75 Å². The van der Waals surface area contributed by atoms with Crippen LogP contribution < -0.4 is 19.7 Å². The van der Waals surface area contributed by atoms with Crippen LogP contribution in [0.25, 0.3) is 0 Å². The van der Waals surface area contributed by atoms with Crippen molar-refractivity contribution in [3.8, 4) is 11.5 Å². The summed E-state index contributed by atoms with van der Waals surface area (Å²) < 4.78 is 11.3. The second kappa shape index (κ2) is 8.41. The summed E-state index contributed by atoms with van der Waals surface area (Å²) in [6.45, 7) is 3.60. The molecule has 2 aromatic carbocycles. The highest BCUT2D eigenvalue weighted by atomic mass is 35.5. The zero-order chi connectivity index (χ0) is 20.2. The Labute approximate surface area is 174 Å². The molecule has 0 saturated carbocycles. The Bertz CT molecular complexity index is 1010. The topological polar surface area (TPSA) is 63.7 Å². The van der Waals surface area contributed by atoms with Gasteiger partial charge in [0.25, 0.3) is 5.91 Å². The normalized spacial score (nSPS) is 12.7. The minimum absolute atomic E-state index is 0.239. The van der Waals surface area contributed by atoms with Gasteiger partial charge in [0.2, 0.25) is 0 Å². The van der Waals surface area contributed by atoms with Crippen molar-refractivity contribution in [1.82, 2.24) is 4.98 Å². The number of ether oxygens (including phenoxy) is 2. The number of para-hydroxylation sites is 1. The van der Waals surface area contributed by atoms with Gasteiger partial charge in [-0.1, -0.05) is 17.7 Å². The molecule has 0 bridgehead atoms. The first kappa shape index (κ1) is 19.1. The predicted octanol–water partition coefficient (Wildman–Crippen LogP) is 4.92. The molecule has 4 rings (SSSR count). The highest BCUT2D eigenvalue weighted by molar-refractivity contribution is 6.30. The molecule has 7 heteroatoms. The lowest BCUT2D eigenvalue weighted by atomic mass is 10.1. The van der Waals surface area contributed by atoms with Crippen molar-refractivity contribution in [1.29, 1.82) is 0 Å². The Morgan fingerprint density at radius 3 is 2.76 bits per heavy atom. The smallest absolute Gasteiger partial charge is 0.259 e. The number of aromatic nitrogens is 1. The monoisotopic (exact) mass is 409 g/mol. The fourth-order valence-electron chi connectivity index (χ4n) is 3.19. The van der Waals surface area contributed by atoms with E-state index in [4.69, 9.17) is 21.1 Å². The van der Waals surface area contributed by atoms with Crippen LogP contribution in [0.2, 0.25) is 5.02 Å². The molecule has 1 aliphatic rings. The van der Waals surface area contributed by atoms with Crippen LogP contribution in [-0.2, 0) is 0 Å². The summed E-state index contributed by atoms with van der Waals surface area (Å²) in [7, 11) is 0. The Morgan fingerprint density at radius 2 is 2.03 bits per heavy atom. The molecule has 29 heavy (non-hydrogen) atoms. The third kappa shape index (κ3) is 4.12. The number of benzene rings is 2. The molecule has 0 aliphatic carbocycles. The predicted molar refractivity (Wildman–Crippen MR) is 114 cm³/mol. The number of amides is 1. The number of carbonyl (C=O) groups is 1. The number of anilines is 3. The molecule has 0 radical (unpaired) electrons. The van der Waals surface area contributed by atoms with Crippen LogP contribution in [0, 0.1) is 0 Å². The second-order valence-electron chi connectivity index (χ2n) is 6.40. The van der Waals surface area contributed by atoms with Crippen LogP contribution in [0.15, 0.2) is 60.8 Å². The Kier molecular flexibility index (Phi) is 5.53. The van der Waals surface area contributed by atoms with Crippen molar-refractivity contribution in [3.05, 3.63) is 71.4 Å². The first-order chi connectivity index (χ1) is 14.2. The van der Waals surface area contributed by atoms with Crippen molar-refractivity contribution in [2.24, 2.45) is 0 Å². The Balaban J connectivity index is 1.59. The highest BCUT2D eigenvalue weighted by Gasteiger charge is 2.25. The quantitative estimate of drug-likeness (QED) is 0.648. The van der Waals surface area contributed by atoms with Crippen LogP contribution in [0.3, 0.4) is 0 Å². The third-order valence-electron chi connectivity index (χ3n) is 4.50. The van der Waals surface area contributed by atoms with Gasteiger partial charge >= 0.3 is 0 Å². The number of nitrogens with one attached hydrogen (secondary N) is 1. The van der Waals surface area contributed by atoms with Crippen LogP contribution in [-0.4, -0.2) is 30.6 Å². The summed E-state index contributed by atoms with van der Waals surface area (Å²) in [5.74, 6) is 1.82. The maximum Gasteiger partial charge on any atom is 0.259 e. The average molecular weight is 410 g/mol. The molecular weight excluding hydrogens is 390 g/mol. The number of halogens is 1. The van der Waals surface area contributed by atoms with Gasteiger partial charge < -0.3 is 19.7 Å². The van der Waals surface area contributed by atoms with E-state index >= 15 is 0 Å². The Hall–Kier alpha value is -3.25. The number of hydrogen-bond donors (Lipinski definition) is 1. The van der Waals surface area contributed by atoms with E-state index in [0.717, 1.165) is 17.3 Å². The van der Waals surface area contributed by atoms with Gasteiger partial charge in [-0.15, -0.1) is 0 Å². The zero-order valence-corrected chi connectivity index (χ0v) is 16.6. The summed E-state index contributed by atoms with van der Waals surface area (Å²) >= 11 is 5.96. The summed E-state index contributed by atoms with van der Waals surface area (Å²) in [5.41, 5.74) is 1.95. The van der Waals surface area contributed by atoms with E-state index in [1.54, 1.807) is 18.3 Å². The molecule has 0 spiro atoms. The van der Waals surface area contributed by atoms with Crippen molar-refractivity contribution in [2.45, 2.75) is 6.92 Å². The van der Waals surface area contributed by atoms with Gasteiger partial charge in [-0.25, -0.2) is 4.98 Å². The maximum atomic E-state index is 12.9. The van der Waals surface area contributed by atoms with Crippen LogP contribution in [0.4, 0.5) is 17.2 Å². The van der Waals surface area contributed by atoms with Gasteiger partial charge in [-0.2, -0.15) is 0 Å². The van der Waals surface area contributed by atoms with Gasteiger partial charge in [-0.3, -0.25) is 4.79 Å². The lowest BCUT2D eigenvalue weighted by molar-refractivity contribution is 0.102. The fourth-order valence-corrected chi connectivity index (χ4v) is 3.30. The van der Waals surface area contributed by atoms with E-state index in [0.29, 0.717) is 41.8 Å². The van der Waals surface area contributed by atoms with E-state index in [9.17, 15) is 4.79 Å². The van der Waals surface area contributed by atoms with Gasteiger partial charge in [0.1, 0.15) is 18.2 Å². The van der Waals surface area contributed by atoms with E-state index in [-0.39, 0.29) is 5.91 Å². The van der Waals surface area contributed by atoms with E-state index in [2.05, 4.69) is 10.3 Å². The molecule has 1 aliphatic heterocycles. The second-order valence-corrected chi connectivity index (χ2v) is 6.84. The first-order valence-corrected chi connectivity index (χ1v) is 9.72. The molecule has 0 atom stereocenters. The van der Waals surface area contributed by atoms with Crippen molar-refractivity contribution < 1.29 is 14.3 Å². The summed E-state index contributed by atoms with van der Waals surface area (Å²) in [4.78, 5) is 19.3. The van der Waals surface area contributed by atoms with Crippen LogP contribution in [0.1, 0.15) is 17.3 Å². The van der Waals surface area contributed by atoms with E-state index in [1.807, 2.05) is 54.3 Å². The van der Waals surface area contributed by atoms with Crippen LogP contribution in [0.5, 0.6) is 11.5 Å². The molecule has 6 nitrogen and oxygen atoms in total. The average Bonchev–Trinajstić information content (AvgIpc) is 2.75. The molecule has 0 fully saturated rings. The van der Waals surface area contributed by atoms with Crippen molar-refractivity contribution >= 4 is 34.7 Å². The largest absolute Gasteiger partial charge is 0.494 e. The van der Waals surface area contributed by atoms with E-state index < -0.39 is 0 Å². The molecular formula is C22H20ClN3O3. The molecule has 1 amide bonds. The number of hydrogen-bond acceptors (Lipinski definition) is 5. The third-order valence-corrected chi connectivity index (χ3v) is 4.73. The summed E-state index contributed by atoms with van der Waals surface area (Å²) in [6.07, 6.45) is 1.61. The van der Waals surface area contributed by atoms with Gasteiger partial charge in [0.05, 0.1) is 29.4 Å². The summed E-state index contributed by atoms with van der Waals surface area (Å²) in [6, 6.07) is 16.4. The first-order valence-electron chi connectivity index (χ1n) is 9.35. The van der Waals surface area contributed by atoms with E-state index in [1.165, 1.54) is 0 Å². The SMILES string of the molecule is CCOc1ccc(NC(=O)c2cccc3c2OCCN3c2ccc(Cl)cn2)cc1. The minimum Gasteiger partial charge on any atom is -0.494 e. The Morgan fingerprint density at radius 1 is 1.21 bits per heavy atom. The number of rotatable bonds is 5. The van der Waals surface area contributed by atoms with Crippen LogP contribution >= 0.6 is 11.6 Å². The number of carbonyl (C=O) groups excluding carboxylic acids is 1. The van der Waals surface area contributed by atoms with Crippen molar-refractivity contribution in [3.63, 3.8) is 0 Å². The molecule has 2 heterocycles. The maximum absolute atomic E-state index is 12.9. The molecule has 0 unspecified atom stereocenters. The lowest BCUT2D eigenvalue weighted by Gasteiger charge is -2.31. The standard InChI is InChI=1S/C22H20ClN3O3/c1-2-28-17-9-7-16(8-10-17)25-22(27)18-4-3-5-19-21(18)29-13-12-26(19)20-11-6-15(23)14-24-20/h3-11,14H,2,12-13H2,1H3,(H,25,27). The fraction of sp³-hybridized carbons (Fsp3) is 0.182. The number of pyridine rings is 1. The van der Waals surface area contributed by atoms with Crippen molar-refractivity contribution in [2.75, 3.05) is 30.0 Å². The highest BCUT2D eigenvalue weighted by Crippen LogP contribution is 2.38. The van der Waals surface area contributed by atoms with Gasteiger partial charge in [0, 0.05) is 11.9 Å². The van der Waals surface area contributed by atoms with Gasteiger partial charge in [-0.05, 0) is 55.5 Å². The molecule has 0 saturated heterocycles. The lowest BCUT2D eigenvalue weighted by Crippen LogP contribution is -2.30. The molecule has 1 N–H and O–H groups in total. The molecule has 1 aromatic heterocycles. The zero-order valence-electron chi connectivity index (χ0n) is 15.9. The molecule has 148 valence electrons. The number of nitrogens with zero attached hydrogens (tertiary/aromatic N) is 2. The molecule has 3 aromatic rings.